The van der Waals surface area contributed by atoms with Gasteiger partial charge in [0.1, 0.15) is 14.1 Å². The molecule has 0 aromatic heterocycles. The number of carbonyl (C=O) groups is 4. The van der Waals surface area contributed by atoms with E-state index in [4.69, 9.17) is 0 Å². The van der Waals surface area contributed by atoms with E-state index in [2.05, 4.69) is 16.0 Å². The molecule has 2 aromatic rings. The van der Waals surface area contributed by atoms with Gasteiger partial charge in [-0.1, -0.05) is 18.2 Å². The van der Waals surface area contributed by atoms with Crippen molar-refractivity contribution in [1.29, 1.82) is 0 Å². The summed E-state index contributed by atoms with van der Waals surface area (Å²) in [4.78, 5) is 49.6. The van der Waals surface area contributed by atoms with E-state index in [1.807, 2.05) is 0 Å². The summed E-state index contributed by atoms with van der Waals surface area (Å²) in [7, 11) is 3.14. The monoisotopic (exact) mass is 452 g/mol. The number of hydrogen-bond acceptors (Lipinski definition) is 5. The van der Waals surface area contributed by atoms with Crippen LogP contribution in [-0.2, 0) is 27.5 Å². The van der Waals surface area contributed by atoms with Crippen LogP contribution in [0.25, 0.3) is 0 Å². The van der Waals surface area contributed by atoms with Gasteiger partial charge in [-0.25, -0.2) is 4.39 Å². The predicted molar refractivity (Wildman–Crippen MR) is 125 cm³/mol. The van der Waals surface area contributed by atoms with Crippen LogP contribution in [0.2, 0.25) is 0 Å². The highest BCUT2D eigenvalue weighted by molar-refractivity contribution is 6.30. The van der Waals surface area contributed by atoms with Gasteiger partial charge in [-0.3, -0.25) is 14.4 Å². The van der Waals surface area contributed by atoms with Crippen molar-refractivity contribution in [1.82, 2.24) is 10.2 Å². The van der Waals surface area contributed by atoms with Crippen LogP contribution in [0.3, 0.4) is 0 Å². The van der Waals surface area contributed by atoms with Crippen molar-refractivity contribution in [3.8, 4) is 0 Å². The lowest BCUT2D eigenvalue weighted by molar-refractivity contribution is -0.127. The van der Waals surface area contributed by atoms with Crippen LogP contribution < -0.4 is 16.0 Å². The molecule has 1 aliphatic heterocycles. The van der Waals surface area contributed by atoms with E-state index in [-0.39, 0.29) is 49.3 Å². The van der Waals surface area contributed by atoms with Crippen LogP contribution in [0, 0.1) is 5.82 Å². The first-order chi connectivity index (χ1) is 15.7. The Labute approximate surface area is 192 Å². The second-order valence-electron chi connectivity index (χ2n) is 8.09. The fourth-order valence-electron chi connectivity index (χ4n) is 4.07. The lowest BCUT2D eigenvalue weighted by Crippen LogP contribution is -2.59. The molecule has 3 N–H and O–H groups in total. The maximum atomic E-state index is 14.7. The fraction of sp³-hybridized carbons (Fsp3) is 0.304. The molecule has 10 heteroatoms. The minimum Gasteiger partial charge on any atom is -0.381 e. The number of aldehydes is 1. The minimum atomic E-state index is -1.19. The summed E-state index contributed by atoms with van der Waals surface area (Å²) < 4.78 is 14.7. The van der Waals surface area contributed by atoms with E-state index in [0.717, 1.165) is 6.29 Å². The first-order valence-corrected chi connectivity index (χ1v) is 10.6. The normalized spacial score (nSPS) is 14.3. The zero-order valence-corrected chi connectivity index (χ0v) is 18.8. The first kappa shape index (κ1) is 24.0. The van der Waals surface area contributed by atoms with E-state index in [1.165, 1.54) is 24.9 Å². The van der Waals surface area contributed by atoms with Crippen LogP contribution in [-0.4, -0.2) is 49.2 Å². The SMILES string of the molecule is BC(CCC=O)(C(=O)NC)N1Cc2c(NCc3cccc(NC(C)=O)c3F)cccc2C1=O. The molecule has 0 bridgehead atoms. The minimum absolute atomic E-state index is 0.0953. The molecular formula is C23H26BFN4O4. The van der Waals surface area contributed by atoms with Crippen molar-refractivity contribution in [2.24, 2.45) is 0 Å². The Morgan fingerprint density at radius 3 is 2.58 bits per heavy atom. The molecule has 0 aliphatic carbocycles. The van der Waals surface area contributed by atoms with Crippen LogP contribution in [0.4, 0.5) is 15.8 Å². The number of likely N-dealkylation sites (N-methyl/N-ethyl adjacent to an activating group) is 1. The summed E-state index contributed by atoms with van der Waals surface area (Å²) in [6.45, 7) is 1.61. The molecule has 8 nitrogen and oxygen atoms in total. The molecule has 172 valence electrons. The molecule has 3 amide bonds. The van der Waals surface area contributed by atoms with Crippen molar-refractivity contribution in [3.05, 3.63) is 58.9 Å². The number of nitrogens with zero attached hydrogens (tertiary/aromatic N) is 1. The maximum absolute atomic E-state index is 14.7. The van der Waals surface area contributed by atoms with Crippen molar-refractivity contribution in [2.75, 3.05) is 17.7 Å². The quantitative estimate of drug-likeness (QED) is 0.394. The molecule has 1 unspecified atom stereocenters. The molecule has 0 spiro atoms. The lowest BCUT2D eigenvalue weighted by atomic mass is 9.71. The van der Waals surface area contributed by atoms with E-state index < -0.39 is 11.3 Å². The van der Waals surface area contributed by atoms with Crippen molar-refractivity contribution >= 4 is 43.2 Å². The number of hydrogen-bond donors (Lipinski definition) is 3. The van der Waals surface area contributed by atoms with Crippen molar-refractivity contribution in [3.63, 3.8) is 0 Å². The van der Waals surface area contributed by atoms with Gasteiger partial charge in [-0.15, -0.1) is 0 Å². The fourth-order valence-corrected chi connectivity index (χ4v) is 4.07. The number of rotatable bonds is 9. The number of carbonyl (C=O) groups excluding carboxylic acids is 4. The van der Waals surface area contributed by atoms with E-state index in [0.29, 0.717) is 22.4 Å². The molecule has 1 aliphatic rings. The van der Waals surface area contributed by atoms with Crippen LogP contribution in [0.15, 0.2) is 36.4 Å². The summed E-state index contributed by atoms with van der Waals surface area (Å²) >= 11 is 0. The highest BCUT2D eigenvalue weighted by atomic mass is 19.1. The Kier molecular flexibility index (Phi) is 7.15. The molecule has 33 heavy (non-hydrogen) atoms. The topological polar surface area (TPSA) is 108 Å². The molecule has 1 atom stereocenters. The zero-order valence-electron chi connectivity index (χ0n) is 18.8. The Bertz CT molecular complexity index is 1110. The van der Waals surface area contributed by atoms with E-state index in [9.17, 15) is 23.6 Å². The Hall–Kier alpha value is -3.69. The molecule has 0 fully saturated rings. The summed E-state index contributed by atoms with van der Waals surface area (Å²) in [5.74, 6) is -1.56. The number of fused-ring (bicyclic) bond motifs is 1. The van der Waals surface area contributed by atoms with Gasteiger partial charge >= 0.3 is 0 Å². The highest BCUT2D eigenvalue weighted by Gasteiger charge is 2.45. The average molecular weight is 452 g/mol. The third kappa shape index (κ3) is 4.74. The maximum Gasteiger partial charge on any atom is 0.254 e. The largest absolute Gasteiger partial charge is 0.381 e. The predicted octanol–water partition coefficient (Wildman–Crippen LogP) is 1.41. The van der Waals surface area contributed by atoms with Crippen LogP contribution in [0.1, 0.15) is 41.3 Å². The summed E-state index contributed by atoms with van der Waals surface area (Å²) in [5.41, 5.74) is 1.04. The first-order valence-electron chi connectivity index (χ1n) is 10.6. The summed E-state index contributed by atoms with van der Waals surface area (Å²) in [5, 5.41) is 8.22. The average Bonchev–Trinajstić information content (AvgIpc) is 3.15. The zero-order chi connectivity index (χ0) is 24.2. The number of amides is 3. The molecule has 0 saturated heterocycles. The summed E-state index contributed by atoms with van der Waals surface area (Å²) in [6.07, 6.45) is 1.06. The third-order valence-electron chi connectivity index (χ3n) is 5.89. The standard InChI is InChI=1S/C23H26BFN4O4/c1-14(31)28-19-9-3-6-15(20(19)25)12-27-18-8-4-7-16-17(18)13-29(21(16)32)23(24,10-5-11-30)22(33)26-2/h3-4,6-9,11,27H,5,10,12-13,24H2,1-2H3,(H,26,33)(H,28,31). The highest BCUT2D eigenvalue weighted by Crippen LogP contribution is 2.35. The molecule has 1 heterocycles. The second-order valence-corrected chi connectivity index (χ2v) is 8.09. The van der Waals surface area contributed by atoms with Crippen molar-refractivity contribution in [2.45, 2.75) is 38.3 Å². The molecular weight excluding hydrogens is 426 g/mol. The molecule has 0 radical (unpaired) electrons. The van der Waals surface area contributed by atoms with Gasteiger partial charge < -0.3 is 25.6 Å². The van der Waals surface area contributed by atoms with Gasteiger partial charge in [0, 0.05) is 55.9 Å². The van der Waals surface area contributed by atoms with Gasteiger partial charge in [-0.05, 0) is 24.6 Å². The van der Waals surface area contributed by atoms with Gasteiger partial charge in [0.05, 0.1) is 11.1 Å². The number of benzene rings is 2. The van der Waals surface area contributed by atoms with Gasteiger partial charge in [-0.2, -0.15) is 0 Å². The van der Waals surface area contributed by atoms with Gasteiger partial charge in [0.2, 0.25) is 11.8 Å². The van der Waals surface area contributed by atoms with Crippen LogP contribution in [0.5, 0.6) is 0 Å². The van der Waals surface area contributed by atoms with E-state index >= 15 is 0 Å². The number of anilines is 2. The van der Waals surface area contributed by atoms with Gasteiger partial charge in [0.15, 0.2) is 5.82 Å². The summed E-state index contributed by atoms with van der Waals surface area (Å²) in [6, 6.07) is 9.92. The number of nitrogens with one attached hydrogen (secondary N) is 3. The second kappa shape index (κ2) is 9.85. The Morgan fingerprint density at radius 1 is 1.21 bits per heavy atom. The van der Waals surface area contributed by atoms with E-state index in [1.54, 1.807) is 38.2 Å². The molecule has 0 saturated carbocycles. The smallest absolute Gasteiger partial charge is 0.254 e. The Morgan fingerprint density at radius 2 is 1.91 bits per heavy atom. The van der Waals surface area contributed by atoms with Gasteiger partial charge in [0.25, 0.3) is 5.91 Å². The number of halogens is 1. The molecule has 2 aromatic carbocycles. The lowest BCUT2D eigenvalue weighted by Gasteiger charge is -2.37. The third-order valence-corrected chi connectivity index (χ3v) is 5.89. The van der Waals surface area contributed by atoms with Crippen LogP contribution >= 0.6 is 0 Å². The molecule has 3 rings (SSSR count). The Balaban J connectivity index is 1.86. The van der Waals surface area contributed by atoms with Crippen molar-refractivity contribution < 1.29 is 23.6 Å².